The molecule has 0 aliphatic heterocycles. The number of hydrogen-bond acceptors (Lipinski definition) is 0. The first kappa shape index (κ1) is 40.2. The first-order chi connectivity index (χ1) is 32.7. The van der Waals surface area contributed by atoms with Crippen LogP contribution in [0.4, 0.5) is 0 Å². The predicted octanol–water partition coefficient (Wildman–Crippen LogP) is 17.8. The van der Waals surface area contributed by atoms with Crippen molar-refractivity contribution in [1.29, 1.82) is 0 Å². The molecular formula is C66H46. The van der Waals surface area contributed by atoms with Crippen LogP contribution < -0.4 is 0 Å². The topological polar surface area (TPSA) is 0 Å². The lowest BCUT2D eigenvalue weighted by atomic mass is 9.85. The highest BCUT2D eigenvalue weighted by Gasteiger charge is 2.18. The van der Waals surface area contributed by atoms with Gasteiger partial charge < -0.3 is 0 Å². The van der Waals surface area contributed by atoms with Gasteiger partial charge in [-0.25, -0.2) is 0 Å². The lowest BCUT2D eigenvalue weighted by molar-refractivity contribution is 1.53. The van der Waals surface area contributed by atoms with Gasteiger partial charge >= 0.3 is 0 Å². The van der Waals surface area contributed by atoms with Crippen molar-refractivity contribution in [3.05, 3.63) is 300 Å². The van der Waals surface area contributed by atoms with Gasteiger partial charge in [-0.15, -0.1) is 0 Å². The SMILES string of the molecule is C(=C(/c1ccc(-c2ccccc2)cc1)c1ccc(-c2c3ccccc3c(-c3ccc(/C(=C/c4ccccc4)c4ccc(-c5ccccc5)cc4)cc3)c3ccccc23)cc1)/c1ccccc1. The van der Waals surface area contributed by atoms with Crippen LogP contribution in [0.25, 0.3) is 89.4 Å². The summed E-state index contributed by atoms with van der Waals surface area (Å²) in [7, 11) is 0. The number of hydrogen-bond donors (Lipinski definition) is 0. The molecule has 0 amide bonds. The molecule has 0 nitrogen and oxygen atoms in total. The Balaban J connectivity index is 0.979. The Morgan fingerprint density at radius 3 is 0.712 bits per heavy atom. The largest absolute Gasteiger partial charge is 0.0622 e. The van der Waals surface area contributed by atoms with E-state index in [4.69, 9.17) is 0 Å². The lowest BCUT2D eigenvalue weighted by Gasteiger charge is -2.19. The highest BCUT2D eigenvalue weighted by Crippen LogP contribution is 2.44. The van der Waals surface area contributed by atoms with E-state index < -0.39 is 0 Å². The highest BCUT2D eigenvalue weighted by atomic mass is 14.2. The molecule has 11 aromatic rings. The van der Waals surface area contributed by atoms with E-state index >= 15 is 0 Å². The summed E-state index contributed by atoms with van der Waals surface area (Å²) in [5.74, 6) is 0. The van der Waals surface area contributed by atoms with Crippen LogP contribution in [0.1, 0.15) is 33.4 Å². The van der Waals surface area contributed by atoms with Gasteiger partial charge in [0.15, 0.2) is 0 Å². The summed E-state index contributed by atoms with van der Waals surface area (Å²) < 4.78 is 0. The van der Waals surface area contributed by atoms with Crippen LogP contribution in [0.15, 0.2) is 267 Å². The van der Waals surface area contributed by atoms with Crippen molar-refractivity contribution in [3.63, 3.8) is 0 Å². The number of benzene rings is 11. The molecule has 0 bridgehead atoms. The fraction of sp³-hybridized carbons (Fsp3) is 0. The molecule has 0 unspecified atom stereocenters. The normalized spacial score (nSPS) is 11.8. The quantitative estimate of drug-likeness (QED) is 0.0951. The smallest absolute Gasteiger partial charge is 0.00264 e. The summed E-state index contributed by atoms with van der Waals surface area (Å²) in [5, 5.41) is 4.95. The van der Waals surface area contributed by atoms with Gasteiger partial charge in [-0.1, -0.05) is 267 Å². The van der Waals surface area contributed by atoms with Crippen LogP contribution in [0.3, 0.4) is 0 Å². The van der Waals surface area contributed by atoms with Gasteiger partial charge in [0.25, 0.3) is 0 Å². The molecule has 0 atom stereocenters. The van der Waals surface area contributed by atoms with E-state index in [1.165, 1.54) is 111 Å². The summed E-state index contributed by atoms with van der Waals surface area (Å²) in [4.78, 5) is 0. The van der Waals surface area contributed by atoms with E-state index in [-0.39, 0.29) is 0 Å². The zero-order valence-corrected chi connectivity index (χ0v) is 36.6. The van der Waals surface area contributed by atoms with E-state index in [9.17, 15) is 0 Å². The molecule has 0 fully saturated rings. The van der Waals surface area contributed by atoms with Crippen molar-refractivity contribution in [1.82, 2.24) is 0 Å². The van der Waals surface area contributed by atoms with Gasteiger partial charge in [-0.3, -0.25) is 0 Å². The van der Waals surface area contributed by atoms with Gasteiger partial charge in [0.2, 0.25) is 0 Å². The fourth-order valence-electron chi connectivity index (χ4n) is 9.43. The first-order valence-electron chi connectivity index (χ1n) is 22.7. The molecule has 0 N–H and O–H groups in total. The summed E-state index contributed by atoms with van der Waals surface area (Å²) >= 11 is 0. The van der Waals surface area contributed by atoms with Crippen LogP contribution in [0.5, 0.6) is 0 Å². The maximum Gasteiger partial charge on any atom is -0.00264 e. The van der Waals surface area contributed by atoms with Crippen molar-refractivity contribution in [2.24, 2.45) is 0 Å². The van der Waals surface area contributed by atoms with E-state index in [0.717, 1.165) is 0 Å². The minimum atomic E-state index is 1.17. The molecule has 0 heterocycles. The van der Waals surface area contributed by atoms with Gasteiger partial charge in [0.1, 0.15) is 0 Å². The molecule has 0 saturated carbocycles. The minimum absolute atomic E-state index is 1.17. The molecule has 0 aliphatic carbocycles. The average Bonchev–Trinajstić information content (AvgIpc) is 3.40. The Kier molecular flexibility index (Phi) is 11.1. The monoisotopic (exact) mass is 838 g/mol. The van der Waals surface area contributed by atoms with Crippen LogP contribution in [-0.4, -0.2) is 0 Å². The van der Waals surface area contributed by atoms with E-state index in [0.29, 0.717) is 0 Å². The van der Waals surface area contributed by atoms with Crippen molar-refractivity contribution in [2.45, 2.75) is 0 Å². The first-order valence-corrected chi connectivity index (χ1v) is 22.7. The highest BCUT2D eigenvalue weighted by molar-refractivity contribution is 6.21. The van der Waals surface area contributed by atoms with Crippen molar-refractivity contribution >= 4 is 44.8 Å². The van der Waals surface area contributed by atoms with Crippen molar-refractivity contribution in [2.75, 3.05) is 0 Å². The van der Waals surface area contributed by atoms with E-state index in [2.05, 4.69) is 279 Å². The third kappa shape index (κ3) is 8.21. The molecule has 66 heavy (non-hydrogen) atoms. The third-order valence-corrected chi connectivity index (χ3v) is 12.7. The van der Waals surface area contributed by atoms with Crippen LogP contribution in [-0.2, 0) is 0 Å². The lowest BCUT2D eigenvalue weighted by Crippen LogP contribution is -1.93. The Bertz CT molecular complexity index is 3180. The van der Waals surface area contributed by atoms with Crippen molar-refractivity contribution < 1.29 is 0 Å². The zero-order valence-electron chi connectivity index (χ0n) is 36.6. The third-order valence-electron chi connectivity index (χ3n) is 12.7. The molecule has 11 rings (SSSR count). The molecule has 0 heteroatoms. The molecule has 0 saturated heterocycles. The molecule has 0 radical (unpaired) electrons. The Labute approximate surface area is 387 Å². The summed E-state index contributed by atoms with van der Waals surface area (Å²) in [6, 6.07) is 96.6. The maximum absolute atomic E-state index is 2.31. The second-order valence-electron chi connectivity index (χ2n) is 16.8. The Hall–Kier alpha value is -8.58. The Morgan fingerprint density at radius 1 is 0.197 bits per heavy atom. The molecule has 0 aromatic heterocycles. The summed E-state index contributed by atoms with van der Waals surface area (Å²) in [5.41, 5.74) is 19.2. The zero-order chi connectivity index (χ0) is 44.1. The fourth-order valence-corrected chi connectivity index (χ4v) is 9.43. The van der Waals surface area contributed by atoms with E-state index in [1.807, 2.05) is 0 Å². The molecular weight excluding hydrogens is 793 g/mol. The average molecular weight is 839 g/mol. The standard InChI is InChI=1S/C66H46/c1-5-17-47(18-6-1)45-63(53-33-29-51(30-34-53)49-21-9-3-10-22-49)55-37-41-57(42-38-55)65-59-25-13-15-27-61(59)66(62-28-16-14-26-60(62)65)58-43-39-56(40-44-58)64(46-48-19-7-2-8-20-48)54-35-31-52(32-36-54)50-23-11-4-12-24-50/h1-46H/b63-45+,64-46+. The molecule has 0 spiro atoms. The van der Waals surface area contributed by atoms with Gasteiger partial charge in [-0.05, 0) is 123 Å². The summed E-state index contributed by atoms with van der Waals surface area (Å²) in [6.45, 7) is 0. The van der Waals surface area contributed by atoms with E-state index in [1.54, 1.807) is 0 Å². The molecule has 310 valence electrons. The van der Waals surface area contributed by atoms with Crippen molar-refractivity contribution in [3.8, 4) is 44.5 Å². The second-order valence-corrected chi connectivity index (χ2v) is 16.8. The minimum Gasteiger partial charge on any atom is -0.0622 e. The van der Waals surface area contributed by atoms with Crippen LogP contribution >= 0.6 is 0 Å². The van der Waals surface area contributed by atoms with Gasteiger partial charge in [0.05, 0.1) is 0 Å². The second kappa shape index (κ2) is 18.3. The number of fused-ring (bicyclic) bond motifs is 2. The summed E-state index contributed by atoms with van der Waals surface area (Å²) in [6.07, 6.45) is 4.61. The molecule has 11 aromatic carbocycles. The van der Waals surface area contributed by atoms with Crippen LogP contribution in [0.2, 0.25) is 0 Å². The Morgan fingerprint density at radius 2 is 0.424 bits per heavy atom. The van der Waals surface area contributed by atoms with Gasteiger partial charge in [-0.2, -0.15) is 0 Å². The maximum atomic E-state index is 2.31. The van der Waals surface area contributed by atoms with Gasteiger partial charge in [0, 0.05) is 0 Å². The van der Waals surface area contributed by atoms with Crippen LogP contribution in [0, 0.1) is 0 Å². The predicted molar refractivity (Wildman–Crippen MR) is 283 cm³/mol. The number of rotatable bonds is 10. The molecule has 0 aliphatic rings.